The maximum atomic E-state index is 12.8. The molecule has 0 spiro atoms. The van der Waals surface area contributed by atoms with Gasteiger partial charge in [0.1, 0.15) is 5.82 Å². The van der Waals surface area contributed by atoms with E-state index < -0.39 is 24.3 Å². The number of anilines is 1. The largest absolute Gasteiger partial charge is 0.452 e. The summed E-state index contributed by atoms with van der Waals surface area (Å²) in [7, 11) is 0. The zero-order valence-corrected chi connectivity index (χ0v) is 13.7. The van der Waals surface area contributed by atoms with Crippen molar-refractivity contribution in [3.05, 3.63) is 58.9 Å². The minimum Gasteiger partial charge on any atom is -0.452 e. The lowest BCUT2D eigenvalue weighted by Crippen LogP contribution is -2.21. The summed E-state index contributed by atoms with van der Waals surface area (Å²) in [4.78, 5) is 24.6. The predicted octanol–water partition coefficient (Wildman–Crippen LogP) is 4.00. The first-order valence-corrected chi connectivity index (χ1v) is 8.16. The first kappa shape index (κ1) is 17.3. The van der Waals surface area contributed by atoms with Gasteiger partial charge in [-0.15, -0.1) is 11.8 Å². The van der Waals surface area contributed by atoms with Crippen LogP contribution in [0.5, 0.6) is 0 Å². The third-order valence-corrected chi connectivity index (χ3v) is 3.91. The summed E-state index contributed by atoms with van der Waals surface area (Å²) in [5, 5.41) is 2.75. The van der Waals surface area contributed by atoms with Crippen LogP contribution in [0.25, 0.3) is 0 Å². The SMILES string of the molecule is CSc1ccc(Cl)c(C(=O)OCC(=O)Nc2ccc(F)cc2)c1. The van der Waals surface area contributed by atoms with Gasteiger partial charge in [-0.3, -0.25) is 4.79 Å². The lowest BCUT2D eigenvalue weighted by molar-refractivity contribution is -0.119. The van der Waals surface area contributed by atoms with Gasteiger partial charge in [0.25, 0.3) is 5.91 Å². The third kappa shape index (κ3) is 4.97. The van der Waals surface area contributed by atoms with Crippen molar-refractivity contribution in [2.75, 3.05) is 18.2 Å². The summed E-state index contributed by atoms with van der Waals surface area (Å²) < 4.78 is 17.7. The average Bonchev–Trinajstić information content (AvgIpc) is 2.55. The zero-order chi connectivity index (χ0) is 16.8. The fraction of sp³-hybridized carbons (Fsp3) is 0.125. The maximum absolute atomic E-state index is 12.8. The number of ether oxygens (including phenoxy) is 1. The van der Waals surface area contributed by atoms with Crippen LogP contribution in [0.2, 0.25) is 5.02 Å². The van der Waals surface area contributed by atoms with Crippen LogP contribution in [0.15, 0.2) is 47.4 Å². The number of carbonyl (C=O) groups is 2. The molecule has 7 heteroatoms. The molecule has 0 aliphatic rings. The normalized spacial score (nSPS) is 10.2. The Hall–Kier alpha value is -2.05. The highest BCUT2D eigenvalue weighted by Gasteiger charge is 2.14. The van der Waals surface area contributed by atoms with Gasteiger partial charge in [-0.05, 0) is 48.7 Å². The van der Waals surface area contributed by atoms with Crippen LogP contribution in [0.1, 0.15) is 10.4 Å². The molecule has 0 unspecified atom stereocenters. The number of hydrogen-bond acceptors (Lipinski definition) is 4. The van der Waals surface area contributed by atoms with Crippen molar-refractivity contribution in [3.63, 3.8) is 0 Å². The first-order valence-electron chi connectivity index (χ1n) is 6.55. The Morgan fingerprint density at radius 2 is 1.91 bits per heavy atom. The summed E-state index contributed by atoms with van der Waals surface area (Å²) in [5.74, 6) is -1.61. The van der Waals surface area contributed by atoms with Crippen LogP contribution < -0.4 is 5.32 Å². The molecular weight excluding hydrogens is 341 g/mol. The summed E-state index contributed by atoms with van der Waals surface area (Å²) in [5.41, 5.74) is 0.614. The molecule has 0 heterocycles. The Labute approximate surface area is 142 Å². The van der Waals surface area contributed by atoms with Gasteiger partial charge >= 0.3 is 5.97 Å². The van der Waals surface area contributed by atoms with Crippen LogP contribution >= 0.6 is 23.4 Å². The monoisotopic (exact) mass is 353 g/mol. The second kappa shape index (κ2) is 7.99. The van der Waals surface area contributed by atoms with Crippen LogP contribution in [0.4, 0.5) is 10.1 Å². The molecule has 1 N–H and O–H groups in total. The Bertz CT molecular complexity index is 722. The average molecular weight is 354 g/mol. The quantitative estimate of drug-likeness (QED) is 0.652. The van der Waals surface area contributed by atoms with Crippen molar-refractivity contribution in [2.24, 2.45) is 0 Å². The fourth-order valence-corrected chi connectivity index (χ4v) is 2.36. The van der Waals surface area contributed by atoms with Gasteiger partial charge in [-0.2, -0.15) is 0 Å². The molecule has 0 radical (unpaired) electrons. The second-order valence-electron chi connectivity index (χ2n) is 4.48. The van der Waals surface area contributed by atoms with E-state index in [1.165, 1.54) is 36.0 Å². The molecule has 0 atom stereocenters. The number of halogens is 2. The van der Waals surface area contributed by atoms with Crippen molar-refractivity contribution in [1.82, 2.24) is 0 Å². The van der Waals surface area contributed by atoms with Gasteiger partial charge in [0.05, 0.1) is 10.6 Å². The fourth-order valence-electron chi connectivity index (χ4n) is 1.73. The van der Waals surface area contributed by atoms with E-state index in [1.807, 2.05) is 6.26 Å². The molecule has 0 fully saturated rings. The highest BCUT2D eigenvalue weighted by atomic mass is 35.5. The molecule has 0 saturated heterocycles. The predicted molar refractivity (Wildman–Crippen MR) is 88.5 cm³/mol. The molecule has 1 amide bonds. The number of rotatable bonds is 5. The smallest absolute Gasteiger partial charge is 0.340 e. The number of esters is 1. The summed E-state index contributed by atoms with van der Waals surface area (Å²) >= 11 is 7.42. The van der Waals surface area contributed by atoms with Gasteiger partial charge in [-0.25, -0.2) is 9.18 Å². The number of hydrogen-bond donors (Lipinski definition) is 1. The number of thioether (sulfide) groups is 1. The molecule has 0 bridgehead atoms. The van der Waals surface area contributed by atoms with E-state index in [0.717, 1.165) is 4.90 Å². The van der Waals surface area contributed by atoms with E-state index >= 15 is 0 Å². The van der Waals surface area contributed by atoms with Crippen molar-refractivity contribution in [2.45, 2.75) is 4.90 Å². The van der Waals surface area contributed by atoms with Crippen LogP contribution in [0.3, 0.4) is 0 Å². The van der Waals surface area contributed by atoms with E-state index in [4.69, 9.17) is 16.3 Å². The van der Waals surface area contributed by atoms with Gasteiger partial charge in [0.2, 0.25) is 0 Å². The molecule has 2 rings (SSSR count). The third-order valence-electron chi connectivity index (χ3n) is 2.86. The maximum Gasteiger partial charge on any atom is 0.340 e. The van der Waals surface area contributed by atoms with E-state index in [9.17, 15) is 14.0 Å². The molecule has 0 saturated carbocycles. The van der Waals surface area contributed by atoms with E-state index in [1.54, 1.807) is 18.2 Å². The number of carbonyl (C=O) groups excluding carboxylic acids is 2. The number of benzene rings is 2. The van der Waals surface area contributed by atoms with Crippen LogP contribution in [0, 0.1) is 5.82 Å². The first-order chi connectivity index (χ1) is 11.0. The summed E-state index contributed by atoms with van der Waals surface area (Å²) in [6.45, 7) is -0.462. The highest BCUT2D eigenvalue weighted by molar-refractivity contribution is 7.98. The number of amides is 1. The molecule has 0 aliphatic heterocycles. The lowest BCUT2D eigenvalue weighted by atomic mass is 10.2. The van der Waals surface area contributed by atoms with Crippen LogP contribution in [-0.4, -0.2) is 24.7 Å². The minimum absolute atomic E-state index is 0.202. The Balaban J connectivity index is 1.93. The molecule has 4 nitrogen and oxygen atoms in total. The van der Waals surface area contributed by atoms with Crippen molar-refractivity contribution < 1.29 is 18.7 Å². The van der Waals surface area contributed by atoms with E-state index in [-0.39, 0.29) is 10.6 Å². The molecule has 2 aromatic rings. The van der Waals surface area contributed by atoms with Crippen molar-refractivity contribution in [1.29, 1.82) is 0 Å². The Morgan fingerprint density at radius 3 is 2.57 bits per heavy atom. The minimum atomic E-state index is -0.680. The number of nitrogens with one attached hydrogen (secondary N) is 1. The molecule has 0 aliphatic carbocycles. The summed E-state index contributed by atoms with van der Waals surface area (Å²) in [6.07, 6.45) is 1.87. The van der Waals surface area contributed by atoms with E-state index in [2.05, 4.69) is 5.32 Å². The molecule has 23 heavy (non-hydrogen) atoms. The summed E-state index contributed by atoms with van der Waals surface area (Å²) in [6, 6.07) is 10.2. The zero-order valence-electron chi connectivity index (χ0n) is 12.1. The van der Waals surface area contributed by atoms with Crippen molar-refractivity contribution in [3.8, 4) is 0 Å². The van der Waals surface area contributed by atoms with Crippen LogP contribution in [-0.2, 0) is 9.53 Å². The van der Waals surface area contributed by atoms with Gasteiger partial charge in [0, 0.05) is 10.6 Å². The molecule has 120 valence electrons. The highest BCUT2D eigenvalue weighted by Crippen LogP contribution is 2.23. The Kier molecular flexibility index (Phi) is 6.01. The van der Waals surface area contributed by atoms with Crippen molar-refractivity contribution >= 4 is 40.9 Å². The topological polar surface area (TPSA) is 55.4 Å². The standard InChI is InChI=1S/C16H13ClFNO3S/c1-23-12-6-7-14(17)13(8-12)16(21)22-9-15(20)19-11-4-2-10(18)3-5-11/h2-8H,9H2,1H3,(H,19,20). The van der Waals surface area contributed by atoms with E-state index in [0.29, 0.717) is 5.69 Å². The van der Waals surface area contributed by atoms with Gasteiger partial charge in [-0.1, -0.05) is 11.6 Å². The van der Waals surface area contributed by atoms with Gasteiger partial charge in [0.15, 0.2) is 6.61 Å². The van der Waals surface area contributed by atoms with Gasteiger partial charge < -0.3 is 10.1 Å². The molecule has 2 aromatic carbocycles. The lowest BCUT2D eigenvalue weighted by Gasteiger charge is -2.08. The molecule has 0 aromatic heterocycles. The second-order valence-corrected chi connectivity index (χ2v) is 5.76. The molecular formula is C16H13ClFNO3S. The Morgan fingerprint density at radius 1 is 1.22 bits per heavy atom.